The summed E-state index contributed by atoms with van der Waals surface area (Å²) in [5.74, 6) is 1.23. The van der Waals surface area contributed by atoms with Gasteiger partial charge in [-0.3, -0.25) is 14.0 Å². The number of methoxy groups -OCH3 is 1. The molecule has 0 fully saturated rings. The predicted molar refractivity (Wildman–Crippen MR) is 136 cm³/mol. The number of H-pyrrole nitrogens is 1. The summed E-state index contributed by atoms with van der Waals surface area (Å²) in [5.41, 5.74) is 2.69. The molecule has 3 aromatic carbocycles. The number of aromatic nitrogens is 5. The van der Waals surface area contributed by atoms with Crippen molar-refractivity contribution in [2.75, 3.05) is 12.9 Å². The molecule has 8 nitrogen and oxygen atoms in total. The Morgan fingerprint density at radius 2 is 1.71 bits per heavy atom. The van der Waals surface area contributed by atoms with E-state index in [9.17, 15) is 9.59 Å². The van der Waals surface area contributed by atoms with E-state index in [1.807, 2.05) is 46.9 Å². The fourth-order valence-corrected chi connectivity index (χ4v) is 5.07. The first-order chi connectivity index (χ1) is 17.2. The van der Waals surface area contributed by atoms with Crippen LogP contribution in [0.1, 0.15) is 10.4 Å². The van der Waals surface area contributed by atoms with Gasteiger partial charge in [-0.25, -0.2) is 4.57 Å². The summed E-state index contributed by atoms with van der Waals surface area (Å²) in [6, 6.07) is 22.2. The molecule has 3 aromatic heterocycles. The normalized spacial score (nSPS) is 11.5. The topological polar surface area (TPSA) is 94.3 Å². The van der Waals surface area contributed by atoms with Crippen LogP contribution in [0.15, 0.2) is 88.9 Å². The third kappa shape index (κ3) is 3.48. The highest BCUT2D eigenvalue weighted by Gasteiger charge is 2.20. The van der Waals surface area contributed by atoms with Crippen molar-refractivity contribution < 1.29 is 9.53 Å². The van der Waals surface area contributed by atoms with Gasteiger partial charge >= 0.3 is 0 Å². The number of ether oxygens (including phenoxy) is 1. The summed E-state index contributed by atoms with van der Waals surface area (Å²) < 4.78 is 8.61. The van der Waals surface area contributed by atoms with Gasteiger partial charge in [0, 0.05) is 22.7 Å². The number of carbonyl (C=O) groups excluding carboxylic acids is 1. The van der Waals surface area contributed by atoms with Crippen molar-refractivity contribution in [3.8, 4) is 11.4 Å². The molecular weight excluding hydrogens is 462 g/mol. The predicted octanol–water partition coefficient (Wildman–Crippen LogP) is 4.50. The first-order valence-electron chi connectivity index (χ1n) is 10.9. The van der Waals surface area contributed by atoms with Gasteiger partial charge in [0.2, 0.25) is 5.78 Å². The number of benzene rings is 3. The van der Waals surface area contributed by atoms with E-state index in [-0.39, 0.29) is 17.1 Å². The number of hydrogen-bond acceptors (Lipinski definition) is 6. The Bertz CT molecular complexity index is 1780. The number of aromatic amines is 1. The molecule has 0 spiro atoms. The SMILES string of the molecule is COc1ccc(-n2c(=O)c3ccccc3n3c(SCC(=O)c4c[nH]c5ccccc45)nnc23)cc1. The average molecular weight is 482 g/mol. The number of Topliss-reactive ketones (excluding diaryl/α,β-unsaturated/α-hetero) is 1. The molecule has 0 aliphatic carbocycles. The molecule has 0 atom stereocenters. The van der Waals surface area contributed by atoms with Crippen LogP contribution in [0.25, 0.3) is 33.3 Å². The summed E-state index contributed by atoms with van der Waals surface area (Å²) in [6.45, 7) is 0. The molecule has 0 saturated heterocycles. The maximum atomic E-state index is 13.4. The van der Waals surface area contributed by atoms with Gasteiger partial charge in [0.1, 0.15) is 5.75 Å². The molecule has 0 aliphatic heterocycles. The van der Waals surface area contributed by atoms with Gasteiger partial charge in [-0.15, -0.1) is 10.2 Å². The number of rotatable bonds is 6. The minimum absolute atomic E-state index is 0.0167. The van der Waals surface area contributed by atoms with Gasteiger partial charge in [0.25, 0.3) is 5.56 Å². The Hall–Kier alpha value is -4.37. The minimum atomic E-state index is -0.197. The lowest BCUT2D eigenvalue weighted by molar-refractivity contribution is 0.102. The molecule has 35 heavy (non-hydrogen) atoms. The van der Waals surface area contributed by atoms with Gasteiger partial charge < -0.3 is 9.72 Å². The zero-order valence-corrected chi connectivity index (χ0v) is 19.5. The van der Waals surface area contributed by atoms with E-state index in [1.54, 1.807) is 43.6 Å². The molecule has 1 N–H and O–H groups in total. The number of nitrogens with one attached hydrogen (secondary N) is 1. The standard InChI is InChI=1S/C26H19N5O3S/c1-34-17-12-10-16(11-13-17)30-24(33)19-7-3-5-9-22(19)31-25(30)28-29-26(31)35-15-23(32)20-14-27-21-8-4-2-6-18(20)21/h2-14,27H,15H2,1H3. The second-order valence-corrected chi connectivity index (χ2v) is 8.88. The van der Waals surface area contributed by atoms with Gasteiger partial charge in [-0.2, -0.15) is 0 Å². The van der Waals surface area contributed by atoms with Crippen molar-refractivity contribution in [2.24, 2.45) is 0 Å². The van der Waals surface area contributed by atoms with Gasteiger partial charge in [-0.05, 0) is 42.5 Å². The second-order valence-electron chi connectivity index (χ2n) is 7.93. The second kappa shape index (κ2) is 8.44. The smallest absolute Gasteiger partial charge is 0.267 e. The third-order valence-electron chi connectivity index (χ3n) is 5.95. The quantitative estimate of drug-likeness (QED) is 0.278. The third-order valence-corrected chi connectivity index (χ3v) is 6.88. The lowest BCUT2D eigenvalue weighted by Crippen LogP contribution is -2.21. The minimum Gasteiger partial charge on any atom is -0.497 e. The van der Waals surface area contributed by atoms with Crippen molar-refractivity contribution in [3.63, 3.8) is 0 Å². The number of ketones is 1. The largest absolute Gasteiger partial charge is 0.497 e. The number of para-hydroxylation sites is 2. The molecule has 0 radical (unpaired) electrons. The summed E-state index contributed by atoms with van der Waals surface area (Å²) in [7, 11) is 1.59. The molecular formula is C26H19N5O3S. The Morgan fingerprint density at radius 1 is 0.971 bits per heavy atom. The number of carbonyl (C=O) groups is 1. The number of thioether (sulfide) groups is 1. The van der Waals surface area contributed by atoms with E-state index in [1.165, 1.54) is 16.3 Å². The Balaban J connectivity index is 1.44. The molecule has 172 valence electrons. The van der Waals surface area contributed by atoms with Crippen LogP contribution in [0.4, 0.5) is 0 Å². The summed E-state index contributed by atoms with van der Waals surface area (Å²) in [6.07, 6.45) is 1.74. The van der Waals surface area contributed by atoms with Crippen LogP contribution < -0.4 is 10.3 Å². The average Bonchev–Trinajstić information content (AvgIpc) is 3.52. The maximum absolute atomic E-state index is 13.4. The lowest BCUT2D eigenvalue weighted by Gasteiger charge is -2.11. The highest BCUT2D eigenvalue weighted by Crippen LogP contribution is 2.26. The molecule has 0 bridgehead atoms. The first kappa shape index (κ1) is 21.2. The fraction of sp³-hybridized carbons (Fsp3) is 0.0769. The van der Waals surface area contributed by atoms with Crippen LogP contribution in [0.5, 0.6) is 5.75 Å². The van der Waals surface area contributed by atoms with Gasteiger partial charge in [-0.1, -0.05) is 42.1 Å². The Labute approximate surface area is 203 Å². The van der Waals surface area contributed by atoms with Gasteiger partial charge in [0.15, 0.2) is 10.9 Å². The van der Waals surface area contributed by atoms with Crippen LogP contribution in [0, 0.1) is 0 Å². The summed E-state index contributed by atoms with van der Waals surface area (Å²) in [4.78, 5) is 29.6. The molecule has 0 unspecified atom stereocenters. The molecule has 0 saturated carbocycles. The summed E-state index contributed by atoms with van der Waals surface area (Å²) >= 11 is 1.29. The number of fused-ring (bicyclic) bond motifs is 4. The lowest BCUT2D eigenvalue weighted by atomic mass is 10.1. The highest BCUT2D eigenvalue weighted by atomic mass is 32.2. The summed E-state index contributed by atoms with van der Waals surface area (Å²) in [5, 5.41) is 10.7. The van der Waals surface area contributed by atoms with E-state index >= 15 is 0 Å². The van der Waals surface area contributed by atoms with E-state index in [2.05, 4.69) is 15.2 Å². The van der Waals surface area contributed by atoms with Crippen molar-refractivity contribution in [1.29, 1.82) is 0 Å². The van der Waals surface area contributed by atoms with Crippen LogP contribution in [0.3, 0.4) is 0 Å². The van der Waals surface area contributed by atoms with Crippen LogP contribution in [0.2, 0.25) is 0 Å². The van der Waals surface area contributed by atoms with E-state index in [0.29, 0.717) is 38.8 Å². The fourth-order valence-electron chi connectivity index (χ4n) is 4.25. The van der Waals surface area contributed by atoms with Crippen molar-refractivity contribution >= 4 is 45.1 Å². The molecule has 0 amide bonds. The van der Waals surface area contributed by atoms with E-state index in [0.717, 1.165) is 10.9 Å². The van der Waals surface area contributed by atoms with Gasteiger partial charge in [0.05, 0.1) is 29.5 Å². The van der Waals surface area contributed by atoms with Crippen molar-refractivity contribution in [2.45, 2.75) is 5.16 Å². The molecule has 3 heterocycles. The highest BCUT2D eigenvalue weighted by molar-refractivity contribution is 7.99. The molecule has 6 rings (SSSR count). The first-order valence-corrected chi connectivity index (χ1v) is 11.9. The number of hydrogen-bond donors (Lipinski definition) is 1. The zero-order valence-electron chi connectivity index (χ0n) is 18.6. The van der Waals surface area contributed by atoms with Crippen molar-refractivity contribution in [1.82, 2.24) is 24.1 Å². The Morgan fingerprint density at radius 3 is 2.51 bits per heavy atom. The molecule has 6 aromatic rings. The molecule has 0 aliphatic rings. The number of nitrogens with zero attached hydrogens (tertiary/aromatic N) is 4. The van der Waals surface area contributed by atoms with Crippen LogP contribution in [-0.4, -0.2) is 42.8 Å². The van der Waals surface area contributed by atoms with Crippen LogP contribution in [-0.2, 0) is 0 Å². The van der Waals surface area contributed by atoms with E-state index in [4.69, 9.17) is 4.74 Å². The Kier molecular flexibility index (Phi) is 5.11. The van der Waals surface area contributed by atoms with Crippen LogP contribution >= 0.6 is 11.8 Å². The monoisotopic (exact) mass is 481 g/mol. The maximum Gasteiger partial charge on any atom is 0.267 e. The van der Waals surface area contributed by atoms with Crippen molar-refractivity contribution in [3.05, 3.63) is 94.9 Å². The molecule has 9 heteroatoms. The van der Waals surface area contributed by atoms with E-state index < -0.39 is 0 Å². The zero-order chi connectivity index (χ0) is 23.9.